The first-order valence-electron chi connectivity index (χ1n) is 8.67. The summed E-state index contributed by atoms with van der Waals surface area (Å²) in [5.74, 6) is 0.425. The zero-order valence-electron chi connectivity index (χ0n) is 14.7. The molecule has 1 aliphatic heterocycles. The van der Waals surface area contributed by atoms with E-state index in [4.69, 9.17) is 11.6 Å². The largest absolute Gasteiger partial charge is 0.296 e. The summed E-state index contributed by atoms with van der Waals surface area (Å²) in [6.07, 6.45) is 1.71. The maximum absolute atomic E-state index is 12.5. The van der Waals surface area contributed by atoms with Crippen LogP contribution in [0, 0.1) is 0 Å². The van der Waals surface area contributed by atoms with Gasteiger partial charge in [-0.05, 0) is 49.2 Å². The molecule has 1 amide bonds. The van der Waals surface area contributed by atoms with Gasteiger partial charge >= 0.3 is 0 Å². The van der Waals surface area contributed by atoms with Crippen LogP contribution in [-0.4, -0.2) is 21.2 Å². The van der Waals surface area contributed by atoms with E-state index in [9.17, 15) is 9.59 Å². The van der Waals surface area contributed by atoms with Gasteiger partial charge in [0.05, 0.1) is 16.6 Å². The van der Waals surface area contributed by atoms with E-state index in [0.717, 1.165) is 24.2 Å². The summed E-state index contributed by atoms with van der Waals surface area (Å²) in [4.78, 5) is 29.5. The molecular weight excluding hydrogens is 364 g/mol. The van der Waals surface area contributed by atoms with Crippen molar-refractivity contribution in [2.24, 2.45) is 5.10 Å². The van der Waals surface area contributed by atoms with Gasteiger partial charge in [0.15, 0.2) is 0 Å². The van der Waals surface area contributed by atoms with Gasteiger partial charge in [-0.25, -0.2) is 10.4 Å². The average Bonchev–Trinajstić information content (AvgIpc) is 3.15. The minimum Gasteiger partial charge on any atom is -0.296 e. The lowest BCUT2D eigenvalue weighted by Crippen LogP contribution is -2.22. The zero-order chi connectivity index (χ0) is 19.0. The Balaban J connectivity index is 1.59. The lowest BCUT2D eigenvalue weighted by molar-refractivity contribution is 0.0955. The predicted octanol–water partition coefficient (Wildman–Crippen LogP) is 3.15. The summed E-state index contributed by atoms with van der Waals surface area (Å²) in [6.45, 7) is 2.51. The van der Waals surface area contributed by atoms with E-state index in [1.807, 2.05) is 12.1 Å². The first-order chi connectivity index (χ1) is 13.0. The third-order valence-electron chi connectivity index (χ3n) is 4.67. The standard InChI is InChI=1S/C20H17ClN4O2/c1-12(13-4-7-15(21)8-5-13)23-24-19(26)14-6-9-16-17(11-14)22-18-3-2-10-25(18)20(16)27/h4-9,11H,2-3,10H2,1H3,(H,24,26)/b23-12-. The summed E-state index contributed by atoms with van der Waals surface area (Å²) in [5, 5.41) is 5.31. The van der Waals surface area contributed by atoms with Gasteiger partial charge in [0, 0.05) is 23.6 Å². The number of fused-ring (bicyclic) bond motifs is 2. The fraction of sp³-hybridized carbons (Fsp3) is 0.200. The number of aryl methyl sites for hydroxylation is 1. The maximum atomic E-state index is 12.5. The van der Waals surface area contributed by atoms with Crippen molar-refractivity contribution >= 4 is 34.1 Å². The minimum atomic E-state index is -0.354. The molecule has 27 heavy (non-hydrogen) atoms. The Morgan fingerprint density at radius 3 is 2.70 bits per heavy atom. The Kier molecular flexibility index (Phi) is 4.49. The van der Waals surface area contributed by atoms with Gasteiger partial charge in [-0.2, -0.15) is 5.10 Å². The second kappa shape index (κ2) is 6.96. The summed E-state index contributed by atoms with van der Waals surface area (Å²) >= 11 is 5.88. The molecule has 1 aliphatic rings. The Morgan fingerprint density at radius 2 is 1.93 bits per heavy atom. The molecule has 136 valence electrons. The topological polar surface area (TPSA) is 76.3 Å². The smallest absolute Gasteiger partial charge is 0.271 e. The predicted molar refractivity (Wildman–Crippen MR) is 105 cm³/mol. The molecule has 0 fully saturated rings. The second-order valence-electron chi connectivity index (χ2n) is 6.47. The van der Waals surface area contributed by atoms with E-state index in [2.05, 4.69) is 15.5 Å². The molecule has 1 N–H and O–H groups in total. The number of hydrogen-bond donors (Lipinski definition) is 1. The molecule has 1 aromatic heterocycles. The molecule has 2 heterocycles. The highest BCUT2D eigenvalue weighted by molar-refractivity contribution is 6.30. The zero-order valence-corrected chi connectivity index (χ0v) is 15.5. The summed E-state index contributed by atoms with van der Waals surface area (Å²) in [6, 6.07) is 12.1. The highest BCUT2D eigenvalue weighted by atomic mass is 35.5. The van der Waals surface area contributed by atoms with Crippen LogP contribution in [0.2, 0.25) is 5.02 Å². The maximum Gasteiger partial charge on any atom is 0.271 e. The number of nitrogens with one attached hydrogen (secondary N) is 1. The minimum absolute atomic E-state index is 0.0453. The molecule has 7 heteroatoms. The number of halogens is 1. The Bertz CT molecular complexity index is 1130. The average molecular weight is 381 g/mol. The summed E-state index contributed by atoms with van der Waals surface area (Å²) < 4.78 is 1.71. The van der Waals surface area contributed by atoms with E-state index in [1.165, 1.54) is 0 Å². The van der Waals surface area contributed by atoms with Crippen LogP contribution in [0.1, 0.15) is 35.1 Å². The Hall–Kier alpha value is -2.99. The van der Waals surface area contributed by atoms with Crippen molar-refractivity contribution in [1.29, 1.82) is 0 Å². The Labute approximate surface area is 160 Å². The lowest BCUT2D eigenvalue weighted by atomic mass is 10.1. The van der Waals surface area contributed by atoms with Crippen molar-refractivity contribution < 1.29 is 4.79 Å². The van der Waals surface area contributed by atoms with E-state index in [0.29, 0.717) is 33.7 Å². The summed E-state index contributed by atoms with van der Waals surface area (Å²) in [5.41, 5.74) is 4.98. The molecule has 2 aromatic carbocycles. The van der Waals surface area contributed by atoms with E-state index >= 15 is 0 Å². The molecule has 0 aliphatic carbocycles. The molecule has 4 rings (SSSR count). The first-order valence-corrected chi connectivity index (χ1v) is 9.05. The highest BCUT2D eigenvalue weighted by Gasteiger charge is 2.17. The SMILES string of the molecule is C/C(=N/NC(=O)c1ccc2c(=O)n3c(nc2c1)CCC3)c1ccc(Cl)cc1. The van der Waals surface area contributed by atoms with Gasteiger partial charge in [0.1, 0.15) is 5.82 Å². The molecule has 0 unspecified atom stereocenters. The van der Waals surface area contributed by atoms with E-state index in [-0.39, 0.29) is 11.5 Å². The van der Waals surface area contributed by atoms with Crippen molar-refractivity contribution in [1.82, 2.24) is 15.0 Å². The third-order valence-corrected chi connectivity index (χ3v) is 4.92. The van der Waals surface area contributed by atoms with Crippen LogP contribution in [0.4, 0.5) is 0 Å². The molecule has 0 radical (unpaired) electrons. The number of aromatic nitrogens is 2. The van der Waals surface area contributed by atoms with E-state index < -0.39 is 0 Å². The number of rotatable bonds is 3. The first kappa shape index (κ1) is 17.4. The number of hydrazone groups is 1. The lowest BCUT2D eigenvalue weighted by Gasteiger charge is -2.07. The summed E-state index contributed by atoms with van der Waals surface area (Å²) in [7, 11) is 0. The molecule has 0 saturated carbocycles. The fourth-order valence-electron chi connectivity index (χ4n) is 3.18. The van der Waals surface area contributed by atoms with Crippen LogP contribution in [0.5, 0.6) is 0 Å². The number of benzene rings is 2. The molecule has 0 bridgehead atoms. The van der Waals surface area contributed by atoms with Crippen LogP contribution in [-0.2, 0) is 13.0 Å². The van der Waals surface area contributed by atoms with Gasteiger partial charge in [0.2, 0.25) is 0 Å². The number of carbonyl (C=O) groups excluding carboxylic acids is 1. The number of hydrogen-bond acceptors (Lipinski definition) is 4. The van der Waals surface area contributed by atoms with Crippen LogP contribution >= 0.6 is 11.6 Å². The van der Waals surface area contributed by atoms with Crippen molar-refractivity contribution in [2.75, 3.05) is 0 Å². The van der Waals surface area contributed by atoms with Crippen molar-refractivity contribution in [3.63, 3.8) is 0 Å². The fourth-order valence-corrected chi connectivity index (χ4v) is 3.31. The molecule has 3 aromatic rings. The molecule has 0 spiro atoms. The van der Waals surface area contributed by atoms with Crippen LogP contribution < -0.4 is 11.0 Å². The van der Waals surface area contributed by atoms with Crippen LogP contribution in [0.15, 0.2) is 52.4 Å². The van der Waals surface area contributed by atoms with Crippen LogP contribution in [0.25, 0.3) is 10.9 Å². The number of nitrogens with zero attached hydrogens (tertiary/aromatic N) is 3. The van der Waals surface area contributed by atoms with E-state index in [1.54, 1.807) is 41.8 Å². The van der Waals surface area contributed by atoms with Crippen LogP contribution in [0.3, 0.4) is 0 Å². The van der Waals surface area contributed by atoms with Gasteiger partial charge in [0.25, 0.3) is 11.5 Å². The van der Waals surface area contributed by atoms with Gasteiger partial charge in [-0.1, -0.05) is 23.7 Å². The van der Waals surface area contributed by atoms with Crippen molar-refractivity contribution in [3.8, 4) is 0 Å². The quantitative estimate of drug-likeness (QED) is 0.560. The number of carbonyl (C=O) groups is 1. The molecule has 0 saturated heterocycles. The van der Waals surface area contributed by atoms with Crippen molar-refractivity contribution in [2.45, 2.75) is 26.3 Å². The molecular formula is C20H17ClN4O2. The molecule has 0 atom stereocenters. The monoisotopic (exact) mass is 380 g/mol. The van der Waals surface area contributed by atoms with Gasteiger partial charge < -0.3 is 0 Å². The molecule has 6 nitrogen and oxygen atoms in total. The Morgan fingerprint density at radius 1 is 1.19 bits per heavy atom. The van der Waals surface area contributed by atoms with Gasteiger partial charge in [-0.15, -0.1) is 0 Å². The number of amides is 1. The van der Waals surface area contributed by atoms with Crippen molar-refractivity contribution in [3.05, 3.63) is 74.8 Å². The second-order valence-corrected chi connectivity index (χ2v) is 6.90. The van der Waals surface area contributed by atoms with Gasteiger partial charge in [-0.3, -0.25) is 14.2 Å². The normalized spacial score (nSPS) is 13.6. The third kappa shape index (κ3) is 3.36. The highest BCUT2D eigenvalue weighted by Crippen LogP contribution is 2.16.